The maximum Gasteiger partial charge on any atom is 0.397 e. The number of halogens is 3. The van der Waals surface area contributed by atoms with E-state index in [2.05, 4.69) is 14.8 Å². The van der Waals surface area contributed by atoms with Crippen LogP contribution in [0.25, 0.3) is 16.3 Å². The summed E-state index contributed by atoms with van der Waals surface area (Å²) in [6.07, 6.45) is 1.13. The van der Waals surface area contributed by atoms with Crippen LogP contribution in [0.3, 0.4) is 0 Å². The van der Waals surface area contributed by atoms with Crippen LogP contribution in [0.15, 0.2) is 59.8 Å². The van der Waals surface area contributed by atoms with Gasteiger partial charge in [-0.1, -0.05) is 75.3 Å². The van der Waals surface area contributed by atoms with E-state index in [0.717, 1.165) is 62.0 Å². The molecule has 5 rings (SSSR count). The molecule has 1 aliphatic heterocycles. The Morgan fingerprint density at radius 2 is 1.73 bits per heavy atom. The first-order valence-corrected chi connectivity index (χ1v) is 19.0. The number of benzene rings is 1. The van der Waals surface area contributed by atoms with Gasteiger partial charge in [0.25, 0.3) is 10.0 Å². The Morgan fingerprint density at radius 3 is 2.43 bits per heavy atom. The summed E-state index contributed by atoms with van der Waals surface area (Å²) in [6.45, 7) is 7.69. The summed E-state index contributed by atoms with van der Waals surface area (Å²) in [5, 5.41) is 14.6. The second-order valence-electron chi connectivity index (χ2n) is 14.4. The van der Waals surface area contributed by atoms with Gasteiger partial charge in [-0.05, 0) is 56.2 Å². The zero-order chi connectivity index (χ0) is 37.2. The minimum absolute atomic E-state index is 0.0259. The highest BCUT2D eigenvalue weighted by molar-refractivity contribution is 7.92. The van der Waals surface area contributed by atoms with Gasteiger partial charge >= 0.3 is 12.1 Å². The lowest BCUT2D eigenvalue weighted by molar-refractivity contribution is -0.219. The van der Waals surface area contributed by atoms with Gasteiger partial charge in [-0.25, -0.2) is 14.6 Å². The van der Waals surface area contributed by atoms with E-state index < -0.39 is 45.5 Å². The van der Waals surface area contributed by atoms with Gasteiger partial charge in [0, 0.05) is 30.9 Å². The molecule has 2 N–H and O–H groups in total. The summed E-state index contributed by atoms with van der Waals surface area (Å²) in [5.74, 6) is -1.35. The van der Waals surface area contributed by atoms with Gasteiger partial charge in [0.05, 0.1) is 11.3 Å². The van der Waals surface area contributed by atoms with Crippen LogP contribution in [0.2, 0.25) is 0 Å². The van der Waals surface area contributed by atoms with Crippen LogP contribution in [0.1, 0.15) is 65.9 Å². The third-order valence-corrected chi connectivity index (χ3v) is 11.2. The smallest absolute Gasteiger partial charge is 0.397 e. The second kappa shape index (κ2) is 14.8. The molecular formula is C35H43F3N6O5S2. The zero-order valence-corrected chi connectivity index (χ0v) is 30.8. The van der Waals surface area contributed by atoms with Crippen LogP contribution in [0.5, 0.6) is 5.88 Å². The quantitative estimate of drug-likeness (QED) is 0.194. The lowest BCUT2D eigenvalue weighted by Crippen LogP contribution is -2.41. The lowest BCUT2D eigenvalue weighted by atomic mass is 9.80. The summed E-state index contributed by atoms with van der Waals surface area (Å²) < 4.78 is 77.4. The number of nitrogens with zero attached hydrogens (tertiary/aromatic N) is 5. The lowest BCUT2D eigenvalue weighted by Gasteiger charge is -2.33. The molecule has 4 heterocycles. The molecule has 0 saturated carbocycles. The monoisotopic (exact) mass is 748 g/mol. The van der Waals surface area contributed by atoms with Gasteiger partial charge < -0.3 is 14.7 Å². The van der Waals surface area contributed by atoms with Crippen molar-refractivity contribution in [1.82, 2.24) is 19.7 Å². The number of sulfonamides is 1. The van der Waals surface area contributed by atoms with Crippen LogP contribution in [-0.4, -0.2) is 65.1 Å². The highest BCUT2D eigenvalue weighted by Crippen LogP contribution is 2.39. The van der Waals surface area contributed by atoms with Gasteiger partial charge in [-0.15, -0.1) is 5.10 Å². The minimum Gasteiger partial charge on any atom is -0.481 e. The van der Waals surface area contributed by atoms with Crippen molar-refractivity contribution in [1.29, 1.82) is 0 Å². The first kappa shape index (κ1) is 38.1. The number of carbonyl (C=O) groups is 1. The summed E-state index contributed by atoms with van der Waals surface area (Å²) >= 11 is 1.00. The van der Waals surface area contributed by atoms with Crippen molar-refractivity contribution in [3.8, 4) is 22.1 Å². The van der Waals surface area contributed by atoms with Crippen LogP contribution >= 0.6 is 11.3 Å². The molecule has 0 saturated heterocycles. The average molecular weight is 749 g/mol. The van der Waals surface area contributed by atoms with Gasteiger partial charge in [0.1, 0.15) is 23.1 Å². The number of aromatic nitrogens is 4. The molecule has 1 aromatic carbocycles. The maximum atomic E-state index is 13.8. The van der Waals surface area contributed by atoms with E-state index in [-0.39, 0.29) is 22.6 Å². The van der Waals surface area contributed by atoms with Crippen LogP contribution in [0, 0.1) is 16.7 Å². The third kappa shape index (κ3) is 9.01. The Labute approximate surface area is 299 Å². The van der Waals surface area contributed by atoms with E-state index in [0.29, 0.717) is 29.5 Å². The summed E-state index contributed by atoms with van der Waals surface area (Å²) in [4.78, 5) is 23.4. The predicted molar refractivity (Wildman–Crippen MR) is 190 cm³/mol. The molecular weight excluding hydrogens is 706 g/mol. The fraction of sp³-hybridized carbons (Fsp3) is 0.486. The molecule has 11 nitrogen and oxygen atoms in total. The van der Waals surface area contributed by atoms with Crippen molar-refractivity contribution in [3.05, 3.63) is 60.3 Å². The zero-order valence-electron chi connectivity index (χ0n) is 29.2. The van der Waals surface area contributed by atoms with Crippen molar-refractivity contribution in [3.63, 3.8) is 0 Å². The molecule has 1 atom stereocenters. The van der Waals surface area contributed by atoms with Crippen molar-refractivity contribution in [2.24, 2.45) is 16.7 Å². The van der Waals surface area contributed by atoms with Crippen LogP contribution in [-0.2, 0) is 21.2 Å². The number of pyridine rings is 1. The van der Waals surface area contributed by atoms with Crippen molar-refractivity contribution in [2.75, 3.05) is 29.3 Å². The Bertz CT molecular complexity index is 1950. The van der Waals surface area contributed by atoms with Gasteiger partial charge in [0.2, 0.25) is 5.88 Å². The number of thiazole rings is 1. The number of nitrogens with one attached hydrogen (secondary N) is 1. The Balaban J connectivity index is 1.54. The molecule has 1 aliphatic rings. The topological polar surface area (TPSA) is 140 Å². The summed E-state index contributed by atoms with van der Waals surface area (Å²) in [7, 11) is -4.29. The minimum atomic E-state index is -4.48. The fourth-order valence-electron chi connectivity index (χ4n) is 5.60. The maximum absolute atomic E-state index is 13.8. The number of hydrogen-bond donors (Lipinski definition) is 2. The number of rotatable bonds is 7. The number of anilines is 2. The highest BCUT2D eigenvalue weighted by Gasteiger charge is 2.48. The molecule has 0 aliphatic carbocycles. The summed E-state index contributed by atoms with van der Waals surface area (Å²) in [6, 6.07) is 13.7. The van der Waals surface area contributed by atoms with E-state index in [9.17, 15) is 31.5 Å². The molecule has 0 amide bonds. The molecule has 3 aromatic heterocycles. The van der Waals surface area contributed by atoms with Crippen molar-refractivity contribution in [2.45, 2.75) is 77.9 Å². The second-order valence-corrected chi connectivity index (χ2v) is 17.0. The molecule has 51 heavy (non-hydrogen) atoms. The van der Waals surface area contributed by atoms with Crippen molar-refractivity contribution < 1.29 is 36.2 Å². The average Bonchev–Trinajstić information content (AvgIpc) is 3.68. The number of carboxylic acids is 1. The third-order valence-electron chi connectivity index (χ3n) is 8.90. The number of aliphatic carboxylic acids is 1. The largest absolute Gasteiger partial charge is 0.481 e. The van der Waals surface area contributed by atoms with E-state index >= 15 is 0 Å². The SMILES string of the molecule is CC(C)(C)C(CN1CCCCCCc2ccccc2-c2nc(sc2-n2ccc(OCC(C)(C)C(F)(F)F)n2)NS(=O)(=O)c2cccc1n2)C(=O)O. The number of hydrogen-bond acceptors (Lipinski definition) is 9. The normalized spacial score (nSPS) is 16.4. The van der Waals surface area contributed by atoms with E-state index in [1.807, 2.05) is 49.9 Å². The van der Waals surface area contributed by atoms with Crippen LogP contribution < -0.4 is 14.4 Å². The number of ether oxygens (including phenoxy) is 1. The Morgan fingerprint density at radius 1 is 1.00 bits per heavy atom. The van der Waals surface area contributed by atoms with Crippen LogP contribution in [0.4, 0.5) is 24.1 Å². The fourth-order valence-corrected chi connectivity index (χ4v) is 7.71. The number of aryl methyl sites for hydroxylation is 1. The standard InChI is InChI=1S/C35H43F3N6O5S2/c1-33(2,3)25(31(45)46)21-43-19-11-7-6-8-13-23-14-9-10-15-24(23)29-30(44-20-18-27(41-44)49-22-34(4,5)35(36,37)38)50-32(40-29)42-51(47,48)28-17-12-16-26(43)39-28/h9-10,12,14-18,20,25H,6-8,11,13,19,21-22H2,1-5H3,(H,40,42)(H,45,46). The number of fused-ring (bicyclic) bond motifs is 6. The molecule has 4 aromatic rings. The number of carboxylic acid groups (broad SMARTS) is 1. The van der Waals surface area contributed by atoms with E-state index in [1.165, 1.54) is 23.0 Å². The van der Waals surface area contributed by atoms with E-state index in [1.54, 1.807) is 12.1 Å². The molecule has 16 heteroatoms. The predicted octanol–water partition coefficient (Wildman–Crippen LogP) is 7.83. The molecule has 1 unspecified atom stereocenters. The molecule has 0 fully saturated rings. The highest BCUT2D eigenvalue weighted by atomic mass is 32.2. The summed E-state index contributed by atoms with van der Waals surface area (Å²) in [5.41, 5.74) is -0.466. The molecule has 0 radical (unpaired) electrons. The molecule has 276 valence electrons. The first-order valence-electron chi connectivity index (χ1n) is 16.7. The number of alkyl halides is 3. The first-order chi connectivity index (χ1) is 23.9. The Kier molecular flexibility index (Phi) is 11.1. The van der Waals surface area contributed by atoms with Gasteiger partial charge in [-0.3, -0.25) is 9.52 Å². The van der Waals surface area contributed by atoms with Crippen molar-refractivity contribution >= 4 is 38.3 Å². The molecule has 4 bridgehead atoms. The Hall–Kier alpha value is -4.18. The molecule has 0 spiro atoms. The van der Waals surface area contributed by atoms with Gasteiger partial charge in [-0.2, -0.15) is 21.6 Å². The van der Waals surface area contributed by atoms with Gasteiger partial charge in [0.15, 0.2) is 10.2 Å². The van der Waals surface area contributed by atoms with E-state index in [4.69, 9.17) is 9.72 Å².